The Labute approximate surface area is 213 Å². The normalized spacial score (nSPS) is 20.6. The van der Waals surface area contributed by atoms with Gasteiger partial charge in [-0.2, -0.15) is 0 Å². The number of nitrogens with zero attached hydrogens (tertiary/aromatic N) is 2. The van der Waals surface area contributed by atoms with Gasteiger partial charge in [0.15, 0.2) is 6.04 Å². The van der Waals surface area contributed by atoms with Crippen molar-refractivity contribution in [2.45, 2.75) is 95.1 Å². The highest BCUT2D eigenvalue weighted by Crippen LogP contribution is 2.29. The van der Waals surface area contributed by atoms with Crippen LogP contribution in [0.4, 0.5) is 5.82 Å². The van der Waals surface area contributed by atoms with Crippen LogP contribution in [0, 0.1) is 5.92 Å². The van der Waals surface area contributed by atoms with Gasteiger partial charge < -0.3 is 25.7 Å². The lowest BCUT2D eigenvalue weighted by molar-refractivity contribution is -0.155. The summed E-state index contributed by atoms with van der Waals surface area (Å²) in [5.74, 6) is -0.676. The van der Waals surface area contributed by atoms with E-state index in [0.29, 0.717) is 6.42 Å². The largest absolute Gasteiger partial charge is 0.480 e. The number of carboxylic acid groups (broad SMARTS) is 1. The van der Waals surface area contributed by atoms with E-state index in [9.17, 15) is 24.6 Å². The molecule has 4 rings (SSSR count). The maximum Gasteiger partial charge on any atom is 0.329 e. The van der Waals surface area contributed by atoms with E-state index in [2.05, 4.69) is 22.8 Å². The number of aromatic nitrogens is 1. The molecule has 3 heterocycles. The van der Waals surface area contributed by atoms with Crippen LogP contribution in [-0.4, -0.2) is 69.2 Å². The molecule has 9 heteroatoms. The zero-order valence-electron chi connectivity index (χ0n) is 21.1. The summed E-state index contributed by atoms with van der Waals surface area (Å²) < 4.78 is 0. The minimum absolute atomic E-state index is 0.0234. The molecule has 198 valence electrons. The molecular weight excluding hydrogens is 460 g/mol. The number of pyridine rings is 1. The van der Waals surface area contributed by atoms with E-state index in [1.54, 1.807) is 4.90 Å². The standard InChI is InChI=1S/C27H40N4O5/c32-22(11-5-4-10-21-13-12-19-9-6-16-28-24(19)29-21)31-17-14-27(36,15-18-31)23(26(34)35)30-25(33)20-7-2-1-3-8-20/h12-13,20,23,36H,1-11,14-18H2,(H,28,29)(H,30,33)(H,34,35). The molecule has 9 nitrogen and oxygen atoms in total. The van der Waals surface area contributed by atoms with Crippen LogP contribution in [0.2, 0.25) is 0 Å². The molecule has 1 unspecified atom stereocenters. The number of nitrogens with one attached hydrogen (secondary N) is 2. The number of piperidine rings is 1. The van der Waals surface area contributed by atoms with Gasteiger partial charge in [0.25, 0.3) is 0 Å². The van der Waals surface area contributed by atoms with Crippen LogP contribution in [0.1, 0.15) is 81.9 Å². The lowest BCUT2D eigenvalue weighted by Gasteiger charge is -2.41. The van der Waals surface area contributed by atoms with Crippen molar-refractivity contribution in [3.8, 4) is 0 Å². The number of amides is 2. The van der Waals surface area contributed by atoms with Crippen molar-refractivity contribution in [1.29, 1.82) is 0 Å². The first kappa shape index (κ1) is 26.4. The predicted octanol–water partition coefficient (Wildman–Crippen LogP) is 2.66. The van der Waals surface area contributed by atoms with Crippen molar-refractivity contribution in [1.82, 2.24) is 15.2 Å². The number of rotatable bonds is 9. The molecule has 0 spiro atoms. The Bertz CT molecular complexity index is 938. The molecule has 1 saturated heterocycles. The van der Waals surface area contributed by atoms with Crippen molar-refractivity contribution in [2.24, 2.45) is 5.92 Å². The molecule has 1 atom stereocenters. The van der Waals surface area contributed by atoms with Gasteiger partial charge in [-0.15, -0.1) is 0 Å². The van der Waals surface area contributed by atoms with Gasteiger partial charge >= 0.3 is 5.97 Å². The number of carbonyl (C=O) groups excluding carboxylic acids is 2. The van der Waals surface area contributed by atoms with Gasteiger partial charge in [0.2, 0.25) is 11.8 Å². The Hall–Kier alpha value is -2.68. The Kier molecular flexibility index (Phi) is 8.82. The average molecular weight is 501 g/mol. The molecule has 36 heavy (non-hydrogen) atoms. The highest BCUT2D eigenvalue weighted by Gasteiger charge is 2.46. The summed E-state index contributed by atoms with van der Waals surface area (Å²) in [4.78, 5) is 43.7. The number of fused-ring (bicyclic) bond motifs is 1. The molecule has 4 N–H and O–H groups in total. The number of hydrogen-bond acceptors (Lipinski definition) is 6. The van der Waals surface area contributed by atoms with Gasteiger partial charge in [0.1, 0.15) is 5.82 Å². The summed E-state index contributed by atoms with van der Waals surface area (Å²) in [6, 6.07) is 2.86. The van der Waals surface area contributed by atoms with E-state index >= 15 is 0 Å². The lowest BCUT2D eigenvalue weighted by atomic mass is 9.82. The lowest BCUT2D eigenvalue weighted by Crippen LogP contribution is -2.62. The number of aliphatic hydroxyl groups is 1. The summed E-state index contributed by atoms with van der Waals surface area (Å²) in [6.45, 7) is 1.54. The van der Waals surface area contributed by atoms with E-state index in [4.69, 9.17) is 4.98 Å². The zero-order chi connectivity index (χ0) is 25.5. The molecule has 1 aliphatic carbocycles. The third-order valence-corrected chi connectivity index (χ3v) is 8.05. The Morgan fingerprint density at radius 1 is 1.11 bits per heavy atom. The monoisotopic (exact) mass is 500 g/mol. The zero-order valence-corrected chi connectivity index (χ0v) is 21.1. The predicted molar refractivity (Wildman–Crippen MR) is 136 cm³/mol. The molecule has 2 fully saturated rings. The molecule has 1 aromatic heterocycles. The first-order chi connectivity index (χ1) is 17.4. The third kappa shape index (κ3) is 6.55. The molecule has 1 saturated carbocycles. The van der Waals surface area contributed by atoms with Gasteiger partial charge in [-0.25, -0.2) is 9.78 Å². The van der Waals surface area contributed by atoms with E-state index in [-0.39, 0.29) is 43.7 Å². The fraction of sp³-hybridized carbons (Fsp3) is 0.704. The van der Waals surface area contributed by atoms with E-state index in [1.165, 1.54) is 5.56 Å². The number of aliphatic carboxylic acids is 1. The highest BCUT2D eigenvalue weighted by atomic mass is 16.4. The topological polar surface area (TPSA) is 132 Å². The third-order valence-electron chi connectivity index (χ3n) is 8.05. The van der Waals surface area contributed by atoms with Gasteiger partial charge in [-0.1, -0.05) is 25.3 Å². The Morgan fingerprint density at radius 2 is 1.86 bits per heavy atom. The van der Waals surface area contributed by atoms with Crippen LogP contribution in [0.3, 0.4) is 0 Å². The summed E-state index contributed by atoms with van der Waals surface area (Å²) in [6.07, 6.45) is 9.88. The number of carboxylic acids is 1. The van der Waals surface area contributed by atoms with Crippen molar-refractivity contribution < 1.29 is 24.6 Å². The number of aryl methyl sites for hydroxylation is 2. The molecule has 0 radical (unpaired) electrons. The fourth-order valence-corrected chi connectivity index (χ4v) is 5.73. The second-order valence-corrected chi connectivity index (χ2v) is 10.6. The minimum atomic E-state index is -1.56. The quantitative estimate of drug-likeness (QED) is 0.383. The second kappa shape index (κ2) is 12.0. The summed E-state index contributed by atoms with van der Waals surface area (Å²) in [7, 11) is 0. The number of likely N-dealkylation sites (tertiary alicyclic amines) is 1. The van der Waals surface area contributed by atoms with Crippen molar-refractivity contribution in [3.05, 3.63) is 23.4 Å². The van der Waals surface area contributed by atoms with Gasteiger partial charge in [-0.3, -0.25) is 9.59 Å². The Balaban J connectivity index is 1.21. The molecule has 1 aromatic rings. The summed E-state index contributed by atoms with van der Waals surface area (Å²) in [5, 5.41) is 26.8. The van der Waals surface area contributed by atoms with Crippen LogP contribution in [0.5, 0.6) is 0 Å². The smallest absolute Gasteiger partial charge is 0.329 e. The van der Waals surface area contributed by atoms with Crippen LogP contribution < -0.4 is 10.6 Å². The van der Waals surface area contributed by atoms with Crippen molar-refractivity contribution >= 4 is 23.6 Å². The molecule has 2 amide bonds. The molecule has 3 aliphatic rings. The number of anilines is 1. The molecule has 0 bridgehead atoms. The van der Waals surface area contributed by atoms with Crippen molar-refractivity contribution in [2.75, 3.05) is 25.0 Å². The van der Waals surface area contributed by atoms with E-state index < -0.39 is 17.6 Å². The molecule has 2 aliphatic heterocycles. The number of hydrogen-bond donors (Lipinski definition) is 4. The number of unbranched alkanes of at least 4 members (excludes halogenated alkanes) is 1. The average Bonchev–Trinajstić information content (AvgIpc) is 2.90. The van der Waals surface area contributed by atoms with Gasteiger partial charge in [0.05, 0.1) is 5.60 Å². The maximum atomic E-state index is 12.7. The highest BCUT2D eigenvalue weighted by molar-refractivity contribution is 5.86. The van der Waals surface area contributed by atoms with E-state index in [0.717, 1.165) is 82.3 Å². The molecule has 0 aromatic carbocycles. The maximum absolute atomic E-state index is 12.7. The van der Waals surface area contributed by atoms with Crippen LogP contribution in [0.25, 0.3) is 0 Å². The van der Waals surface area contributed by atoms with Crippen LogP contribution in [0.15, 0.2) is 12.1 Å². The first-order valence-corrected chi connectivity index (χ1v) is 13.6. The summed E-state index contributed by atoms with van der Waals surface area (Å²) >= 11 is 0. The van der Waals surface area contributed by atoms with Crippen molar-refractivity contribution in [3.63, 3.8) is 0 Å². The number of carbonyl (C=O) groups is 3. The van der Waals surface area contributed by atoms with Crippen LogP contribution in [-0.2, 0) is 27.2 Å². The Morgan fingerprint density at radius 3 is 2.58 bits per heavy atom. The SMILES string of the molecule is O=C(NC(C(=O)O)C1(O)CCN(C(=O)CCCCc2ccc3c(n2)NCCC3)CC1)C1CCCCC1. The second-order valence-electron chi connectivity index (χ2n) is 10.6. The fourth-order valence-electron chi connectivity index (χ4n) is 5.73. The summed E-state index contributed by atoms with van der Waals surface area (Å²) in [5.41, 5.74) is 0.747. The minimum Gasteiger partial charge on any atom is -0.480 e. The first-order valence-electron chi connectivity index (χ1n) is 13.6. The van der Waals surface area contributed by atoms with Gasteiger partial charge in [-0.05, 0) is 69.4 Å². The molecular formula is C27H40N4O5. The van der Waals surface area contributed by atoms with Crippen LogP contribution >= 0.6 is 0 Å². The van der Waals surface area contributed by atoms with Gasteiger partial charge in [0, 0.05) is 37.7 Å². The van der Waals surface area contributed by atoms with E-state index in [1.807, 2.05) is 0 Å².